The number of anilines is 2. The number of hydrogen-bond donors (Lipinski definition) is 3. The number of nitrogens with two attached hydrogens (primary N) is 1. The number of benzene rings is 2. The van der Waals surface area contributed by atoms with Gasteiger partial charge < -0.3 is 30.4 Å². The summed E-state index contributed by atoms with van der Waals surface area (Å²) in [6.07, 6.45) is 1.80. The molecule has 1 amide bonds. The first-order valence-corrected chi connectivity index (χ1v) is 9.57. The molecule has 1 aliphatic heterocycles. The zero-order chi connectivity index (χ0) is 20.5. The van der Waals surface area contributed by atoms with Crippen molar-refractivity contribution in [2.75, 3.05) is 37.5 Å². The highest BCUT2D eigenvalue weighted by atomic mass is 16.7. The number of hydrogen-bond acceptors (Lipinski definition) is 6. The molecule has 0 saturated carbocycles. The van der Waals surface area contributed by atoms with Crippen LogP contribution >= 0.6 is 0 Å². The first-order chi connectivity index (χ1) is 14.2. The monoisotopic (exact) mass is 398 g/mol. The molecule has 7 nitrogen and oxygen atoms in total. The largest absolute Gasteiger partial charge is 0.459 e. The van der Waals surface area contributed by atoms with Crippen molar-refractivity contribution in [2.45, 2.75) is 18.6 Å². The van der Waals surface area contributed by atoms with E-state index in [2.05, 4.69) is 5.32 Å². The van der Waals surface area contributed by atoms with Gasteiger partial charge in [0, 0.05) is 12.3 Å². The molecule has 1 aliphatic rings. The number of amides is 1. The molecule has 2 aromatic rings. The molecule has 0 bridgehead atoms. The number of carbonyl (C=O) groups is 1. The van der Waals surface area contributed by atoms with E-state index in [1.165, 1.54) is 0 Å². The van der Waals surface area contributed by atoms with Crippen LogP contribution in [0.1, 0.15) is 17.9 Å². The lowest BCUT2D eigenvalue weighted by Crippen LogP contribution is -2.30. The molecule has 2 atom stereocenters. The Kier molecular flexibility index (Phi) is 7.63. The number of aliphatic hydroxyl groups excluding tert-OH is 1. The van der Waals surface area contributed by atoms with Crippen LogP contribution in [0.2, 0.25) is 0 Å². The number of nitrogens with one attached hydrogen (secondary N) is 1. The summed E-state index contributed by atoms with van der Waals surface area (Å²) in [5.41, 5.74) is 8.00. The van der Waals surface area contributed by atoms with Crippen LogP contribution in [0.15, 0.2) is 66.4 Å². The van der Waals surface area contributed by atoms with Crippen LogP contribution in [-0.4, -0.2) is 43.7 Å². The van der Waals surface area contributed by atoms with Crippen molar-refractivity contribution in [3.05, 3.63) is 72.0 Å². The second kappa shape index (κ2) is 10.6. The Morgan fingerprint density at radius 3 is 2.62 bits per heavy atom. The van der Waals surface area contributed by atoms with Gasteiger partial charge in [0.15, 0.2) is 5.76 Å². The molecule has 4 N–H and O–H groups in total. The number of ether oxygens (including phenoxy) is 3. The molecule has 0 saturated heterocycles. The summed E-state index contributed by atoms with van der Waals surface area (Å²) < 4.78 is 16.8. The molecule has 0 aliphatic carbocycles. The van der Waals surface area contributed by atoms with E-state index in [1.807, 2.05) is 36.4 Å². The lowest BCUT2D eigenvalue weighted by molar-refractivity contribution is -0.148. The van der Waals surface area contributed by atoms with Crippen molar-refractivity contribution in [3.63, 3.8) is 0 Å². The topological polar surface area (TPSA) is 103 Å². The first-order valence-electron chi connectivity index (χ1n) is 9.57. The van der Waals surface area contributed by atoms with Crippen LogP contribution in [0.25, 0.3) is 0 Å². The van der Waals surface area contributed by atoms with Gasteiger partial charge >= 0.3 is 0 Å². The Labute approximate surface area is 170 Å². The number of carbonyl (C=O) groups excluding carboxylic acids is 1. The third-order valence-corrected chi connectivity index (χ3v) is 4.48. The number of rotatable bonds is 9. The van der Waals surface area contributed by atoms with Gasteiger partial charge in [-0.2, -0.15) is 0 Å². The maximum absolute atomic E-state index is 12.8. The fraction of sp³-hybridized carbons (Fsp3) is 0.318. The third-order valence-electron chi connectivity index (χ3n) is 4.48. The fourth-order valence-corrected chi connectivity index (χ4v) is 3.05. The third kappa shape index (κ3) is 6.05. The zero-order valence-corrected chi connectivity index (χ0v) is 16.1. The molecule has 0 spiro atoms. The number of para-hydroxylation sites is 2. The average Bonchev–Trinajstić information content (AvgIpc) is 2.75. The maximum atomic E-state index is 12.8. The molecule has 7 heteroatoms. The molecule has 29 heavy (non-hydrogen) atoms. The minimum atomic E-state index is -0.586. The molecule has 0 aromatic heterocycles. The number of nitrogen functional groups attached to an aromatic ring is 1. The summed E-state index contributed by atoms with van der Waals surface area (Å²) in [6.45, 7) is 0.855. The maximum Gasteiger partial charge on any atom is 0.290 e. The van der Waals surface area contributed by atoms with E-state index in [-0.39, 0.29) is 30.8 Å². The van der Waals surface area contributed by atoms with Gasteiger partial charge in [-0.25, -0.2) is 0 Å². The summed E-state index contributed by atoms with van der Waals surface area (Å²) in [4.78, 5) is 12.8. The average molecular weight is 398 g/mol. The van der Waals surface area contributed by atoms with Crippen LogP contribution in [0, 0.1) is 0 Å². The van der Waals surface area contributed by atoms with Gasteiger partial charge in [-0.1, -0.05) is 42.5 Å². The molecule has 0 unspecified atom stereocenters. The van der Waals surface area contributed by atoms with E-state index in [1.54, 1.807) is 24.3 Å². The Bertz CT molecular complexity index is 825. The Morgan fingerprint density at radius 2 is 1.86 bits per heavy atom. The minimum absolute atomic E-state index is 0.0258. The predicted octanol–water partition coefficient (Wildman–Crippen LogP) is 2.65. The van der Waals surface area contributed by atoms with Crippen LogP contribution in [0.3, 0.4) is 0 Å². The summed E-state index contributed by atoms with van der Waals surface area (Å²) in [5.74, 6) is -0.217. The standard InChI is InChI=1S/C22H26N2O5/c23-18-8-4-5-9-19(18)24-22(26)20-14-17(16-6-2-1-3-7-16)15-21(29-20)28-13-12-27-11-10-25/h1-9,14,17,21,25H,10-13,15,23H2,(H,24,26)/t17-,21+/m0/s1. The summed E-state index contributed by atoms with van der Waals surface area (Å²) in [7, 11) is 0. The van der Waals surface area contributed by atoms with Crippen LogP contribution < -0.4 is 11.1 Å². The fourth-order valence-electron chi connectivity index (χ4n) is 3.05. The molecule has 0 radical (unpaired) electrons. The van der Waals surface area contributed by atoms with E-state index in [0.29, 0.717) is 31.0 Å². The highest BCUT2D eigenvalue weighted by molar-refractivity contribution is 6.04. The Morgan fingerprint density at radius 1 is 1.10 bits per heavy atom. The van der Waals surface area contributed by atoms with E-state index in [4.69, 9.17) is 25.1 Å². The molecule has 2 aromatic carbocycles. The van der Waals surface area contributed by atoms with E-state index in [9.17, 15) is 4.79 Å². The molecular formula is C22H26N2O5. The normalized spacial score (nSPS) is 18.6. The van der Waals surface area contributed by atoms with Gasteiger partial charge in [-0.05, 0) is 23.8 Å². The number of aliphatic hydroxyl groups is 1. The highest BCUT2D eigenvalue weighted by Crippen LogP contribution is 2.32. The van der Waals surface area contributed by atoms with E-state index in [0.717, 1.165) is 5.56 Å². The molecule has 154 valence electrons. The Balaban J connectivity index is 1.71. The van der Waals surface area contributed by atoms with Gasteiger partial charge in [0.05, 0.1) is 37.8 Å². The summed E-state index contributed by atoms with van der Waals surface area (Å²) in [6, 6.07) is 16.9. The van der Waals surface area contributed by atoms with Gasteiger partial charge in [-0.3, -0.25) is 4.79 Å². The van der Waals surface area contributed by atoms with Gasteiger partial charge in [0.1, 0.15) is 0 Å². The summed E-state index contributed by atoms with van der Waals surface area (Å²) >= 11 is 0. The smallest absolute Gasteiger partial charge is 0.290 e. The molecule has 3 rings (SSSR count). The van der Waals surface area contributed by atoms with Crippen molar-refractivity contribution in [1.82, 2.24) is 0 Å². The quantitative estimate of drug-likeness (QED) is 0.443. The summed E-state index contributed by atoms with van der Waals surface area (Å²) in [5, 5.41) is 11.6. The van der Waals surface area contributed by atoms with Gasteiger partial charge in [0.25, 0.3) is 5.91 Å². The lowest BCUT2D eigenvalue weighted by atomic mass is 9.93. The second-order valence-corrected chi connectivity index (χ2v) is 6.58. The molecular weight excluding hydrogens is 372 g/mol. The Hall–Kier alpha value is -2.87. The van der Waals surface area contributed by atoms with Gasteiger partial charge in [-0.15, -0.1) is 0 Å². The molecule has 1 heterocycles. The van der Waals surface area contributed by atoms with Crippen molar-refractivity contribution in [1.29, 1.82) is 0 Å². The first kappa shape index (κ1) is 20.9. The second-order valence-electron chi connectivity index (χ2n) is 6.58. The van der Waals surface area contributed by atoms with Crippen LogP contribution in [-0.2, 0) is 19.0 Å². The minimum Gasteiger partial charge on any atom is -0.459 e. The van der Waals surface area contributed by atoms with E-state index < -0.39 is 6.29 Å². The van der Waals surface area contributed by atoms with Crippen molar-refractivity contribution in [3.8, 4) is 0 Å². The SMILES string of the molecule is Nc1ccccc1NC(=O)C1=C[C@H](c2ccccc2)C[C@H](OCCOCCO)O1. The zero-order valence-electron chi connectivity index (χ0n) is 16.1. The molecule has 0 fully saturated rings. The van der Waals surface area contributed by atoms with Crippen molar-refractivity contribution >= 4 is 17.3 Å². The lowest BCUT2D eigenvalue weighted by Gasteiger charge is -2.29. The van der Waals surface area contributed by atoms with Crippen LogP contribution in [0.5, 0.6) is 0 Å². The van der Waals surface area contributed by atoms with Gasteiger partial charge in [0.2, 0.25) is 6.29 Å². The van der Waals surface area contributed by atoms with Crippen LogP contribution in [0.4, 0.5) is 11.4 Å². The number of allylic oxidation sites excluding steroid dienone is 1. The van der Waals surface area contributed by atoms with Crippen molar-refractivity contribution in [2.24, 2.45) is 0 Å². The van der Waals surface area contributed by atoms with E-state index >= 15 is 0 Å². The predicted molar refractivity (Wildman–Crippen MR) is 110 cm³/mol. The van der Waals surface area contributed by atoms with Crippen molar-refractivity contribution < 1.29 is 24.1 Å². The highest BCUT2D eigenvalue weighted by Gasteiger charge is 2.29.